The molecule has 1 aromatic heterocycles. The van der Waals surface area contributed by atoms with Crippen LogP contribution in [0, 0.1) is 0 Å². The predicted octanol–water partition coefficient (Wildman–Crippen LogP) is 3.64. The van der Waals surface area contributed by atoms with Crippen LogP contribution in [0.3, 0.4) is 0 Å². The van der Waals surface area contributed by atoms with Gasteiger partial charge in [0.1, 0.15) is 0 Å². The van der Waals surface area contributed by atoms with Crippen LogP contribution in [0.1, 0.15) is 44.9 Å². The minimum Gasteiger partial charge on any atom is -0.481 e. The summed E-state index contributed by atoms with van der Waals surface area (Å²) in [6.45, 7) is 8.03. The number of benzene rings is 1. The molecule has 2 aromatic rings. The predicted molar refractivity (Wildman–Crippen MR) is 83.1 cm³/mol. The molecule has 0 unspecified atom stereocenters. The third kappa shape index (κ3) is 3.62. The number of hydrogen-bond acceptors (Lipinski definition) is 3. The second kappa shape index (κ2) is 5.60. The summed E-state index contributed by atoms with van der Waals surface area (Å²) in [5.41, 5.74) is 2.73. The average Bonchev–Trinajstić information content (AvgIpc) is 2.87. The van der Waals surface area contributed by atoms with Crippen LogP contribution in [0.5, 0.6) is 0 Å². The number of imidazole rings is 1. The lowest BCUT2D eigenvalue weighted by molar-refractivity contribution is -0.138. The Hall–Kier alpha value is -2.30. The van der Waals surface area contributed by atoms with E-state index < -0.39 is 11.9 Å². The maximum Gasteiger partial charge on any atom is 0.310 e. The lowest BCUT2D eigenvalue weighted by Gasteiger charge is -2.15. The summed E-state index contributed by atoms with van der Waals surface area (Å²) in [5.74, 6) is -0.648. The second-order valence-corrected chi connectivity index (χ2v) is 6.20. The number of carboxylic acids is 1. The molecule has 5 nitrogen and oxygen atoms in total. The highest BCUT2D eigenvalue weighted by Crippen LogP contribution is 2.23. The van der Waals surface area contributed by atoms with E-state index in [1.165, 1.54) is 0 Å². The summed E-state index contributed by atoms with van der Waals surface area (Å²) in [7, 11) is 0. The number of nitrogens with zero attached hydrogens (tertiary/aromatic N) is 1. The number of aromatic nitrogens is 2. The summed E-state index contributed by atoms with van der Waals surface area (Å²) < 4.78 is 0. The zero-order valence-electron chi connectivity index (χ0n) is 12.8. The van der Waals surface area contributed by atoms with E-state index in [0.717, 1.165) is 16.9 Å². The number of aliphatic carboxylic acids is 1. The SMILES string of the molecule is C[C@H](C(=O)O)c1ccc(Nc2ncc(C(C)(C)C)[nH]2)cc1. The first-order chi connectivity index (χ1) is 9.77. The average molecular weight is 287 g/mol. The number of anilines is 2. The molecule has 1 atom stereocenters. The number of H-pyrrole nitrogens is 1. The molecule has 3 N–H and O–H groups in total. The van der Waals surface area contributed by atoms with Crippen molar-refractivity contribution in [1.82, 2.24) is 9.97 Å². The van der Waals surface area contributed by atoms with Crippen LogP contribution in [-0.2, 0) is 10.2 Å². The molecule has 0 radical (unpaired) electrons. The fraction of sp³-hybridized carbons (Fsp3) is 0.375. The van der Waals surface area contributed by atoms with E-state index in [-0.39, 0.29) is 5.41 Å². The van der Waals surface area contributed by atoms with Crippen molar-refractivity contribution < 1.29 is 9.90 Å². The van der Waals surface area contributed by atoms with Gasteiger partial charge in [-0.05, 0) is 24.6 Å². The molecular weight excluding hydrogens is 266 g/mol. The lowest BCUT2D eigenvalue weighted by Crippen LogP contribution is -2.11. The van der Waals surface area contributed by atoms with Gasteiger partial charge in [0.2, 0.25) is 5.95 Å². The standard InChI is InChI=1S/C16H21N3O2/c1-10(14(20)21)11-5-7-12(8-6-11)18-15-17-9-13(19-15)16(2,3)4/h5-10H,1-4H3,(H,20,21)(H2,17,18,19)/t10-/m0/s1. The van der Waals surface area contributed by atoms with Crippen LogP contribution >= 0.6 is 0 Å². The molecule has 2 rings (SSSR count). The molecule has 0 saturated carbocycles. The van der Waals surface area contributed by atoms with Crippen molar-refractivity contribution in [1.29, 1.82) is 0 Å². The Morgan fingerprint density at radius 3 is 2.38 bits per heavy atom. The Kier molecular flexibility index (Phi) is 4.02. The van der Waals surface area contributed by atoms with E-state index in [0.29, 0.717) is 5.95 Å². The first-order valence-electron chi connectivity index (χ1n) is 6.92. The van der Waals surface area contributed by atoms with E-state index in [1.54, 1.807) is 6.92 Å². The molecule has 0 amide bonds. The molecule has 0 aliphatic rings. The minimum atomic E-state index is -0.823. The van der Waals surface area contributed by atoms with Gasteiger partial charge in [-0.3, -0.25) is 4.79 Å². The summed E-state index contributed by atoms with van der Waals surface area (Å²) in [5, 5.41) is 12.2. The van der Waals surface area contributed by atoms with Crippen LogP contribution in [0.25, 0.3) is 0 Å². The van der Waals surface area contributed by atoms with Crippen molar-refractivity contribution >= 4 is 17.6 Å². The molecule has 0 fully saturated rings. The maximum atomic E-state index is 10.9. The van der Waals surface area contributed by atoms with Crippen LogP contribution in [-0.4, -0.2) is 21.0 Å². The molecule has 112 valence electrons. The highest BCUT2D eigenvalue weighted by atomic mass is 16.4. The van der Waals surface area contributed by atoms with Gasteiger partial charge in [-0.1, -0.05) is 32.9 Å². The van der Waals surface area contributed by atoms with Gasteiger partial charge in [0, 0.05) is 16.8 Å². The molecule has 0 bridgehead atoms. The van der Waals surface area contributed by atoms with Crippen molar-refractivity contribution in [3.63, 3.8) is 0 Å². The van der Waals surface area contributed by atoms with Gasteiger partial charge in [-0.15, -0.1) is 0 Å². The third-order valence-corrected chi connectivity index (χ3v) is 3.43. The first kappa shape index (κ1) is 15.1. The molecule has 21 heavy (non-hydrogen) atoms. The van der Waals surface area contributed by atoms with Crippen LogP contribution < -0.4 is 5.32 Å². The molecule has 5 heteroatoms. The Labute approximate surface area is 124 Å². The molecule has 0 aliphatic heterocycles. The van der Waals surface area contributed by atoms with Crippen LogP contribution in [0.2, 0.25) is 0 Å². The summed E-state index contributed by atoms with van der Waals surface area (Å²) in [6.07, 6.45) is 1.82. The lowest BCUT2D eigenvalue weighted by atomic mass is 9.93. The van der Waals surface area contributed by atoms with Gasteiger partial charge in [-0.25, -0.2) is 4.98 Å². The van der Waals surface area contributed by atoms with Crippen molar-refractivity contribution in [3.05, 3.63) is 41.7 Å². The zero-order valence-corrected chi connectivity index (χ0v) is 12.8. The number of carboxylic acid groups (broad SMARTS) is 1. The smallest absolute Gasteiger partial charge is 0.310 e. The molecule has 0 saturated heterocycles. The topological polar surface area (TPSA) is 78.0 Å². The summed E-state index contributed by atoms with van der Waals surface area (Å²) >= 11 is 0. The number of hydrogen-bond donors (Lipinski definition) is 3. The quantitative estimate of drug-likeness (QED) is 0.802. The maximum absolute atomic E-state index is 10.9. The highest BCUT2D eigenvalue weighted by molar-refractivity contribution is 5.75. The fourth-order valence-electron chi connectivity index (χ4n) is 1.90. The molecular formula is C16H21N3O2. The molecule has 0 spiro atoms. The van der Waals surface area contributed by atoms with Crippen molar-refractivity contribution in [2.24, 2.45) is 0 Å². The van der Waals surface area contributed by atoms with Gasteiger partial charge >= 0.3 is 5.97 Å². The number of rotatable bonds is 4. The minimum absolute atomic E-state index is 0.0215. The Bertz CT molecular complexity index is 624. The number of carbonyl (C=O) groups is 1. The monoisotopic (exact) mass is 287 g/mol. The first-order valence-corrected chi connectivity index (χ1v) is 6.92. The van der Waals surface area contributed by atoms with Gasteiger partial charge < -0.3 is 15.4 Å². The fourth-order valence-corrected chi connectivity index (χ4v) is 1.90. The Morgan fingerprint density at radius 2 is 1.90 bits per heavy atom. The van der Waals surface area contributed by atoms with Crippen molar-refractivity contribution in [3.8, 4) is 0 Å². The molecule has 0 aliphatic carbocycles. The Morgan fingerprint density at radius 1 is 1.29 bits per heavy atom. The van der Waals surface area contributed by atoms with E-state index >= 15 is 0 Å². The van der Waals surface area contributed by atoms with Gasteiger partial charge in [-0.2, -0.15) is 0 Å². The van der Waals surface area contributed by atoms with Crippen LogP contribution in [0.15, 0.2) is 30.5 Å². The summed E-state index contributed by atoms with van der Waals surface area (Å²) in [6, 6.07) is 7.34. The molecule has 1 heterocycles. The van der Waals surface area contributed by atoms with Gasteiger partial charge in [0.05, 0.1) is 12.1 Å². The number of aromatic amines is 1. The normalized spacial score (nSPS) is 13.0. The van der Waals surface area contributed by atoms with Crippen molar-refractivity contribution in [2.45, 2.75) is 39.0 Å². The van der Waals surface area contributed by atoms with Gasteiger partial charge in [0.25, 0.3) is 0 Å². The molecule has 1 aromatic carbocycles. The Balaban J connectivity index is 2.10. The van der Waals surface area contributed by atoms with E-state index in [9.17, 15) is 4.79 Å². The number of nitrogens with one attached hydrogen (secondary N) is 2. The van der Waals surface area contributed by atoms with Gasteiger partial charge in [0.15, 0.2) is 0 Å². The van der Waals surface area contributed by atoms with Crippen molar-refractivity contribution in [2.75, 3.05) is 5.32 Å². The highest BCUT2D eigenvalue weighted by Gasteiger charge is 2.16. The third-order valence-electron chi connectivity index (χ3n) is 3.43. The second-order valence-electron chi connectivity index (χ2n) is 6.20. The van der Waals surface area contributed by atoms with E-state index in [1.807, 2.05) is 30.5 Å². The van der Waals surface area contributed by atoms with Crippen LogP contribution in [0.4, 0.5) is 11.6 Å². The summed E-state index contributed by atoms with van der Waals surface area (Å²) in [4.78, 5) is 18.5. The zero-order chi connectivity index (χ0) is 15.6. The van der Waals surface area contributed by atoms with E-state index in [2.05, 4.69) is 36.1 Å². The van der Waals surface area contributed by atoms with E-state index in [4.69, 9.17) is 5.11 Å². The largest absolute Gasteiger partial charge is 0.481 e.